The molecule has 7 heteroatoms. The molecular formula is C13H14INO5. The summed E-state index contributed by atoms with van der Waals surface area (Å²) >= 11 is 2.12. The van der Waals surface area contributed by atoms with Gasteiger partial charge in [0.2, 0.25) is 0 Å². The summed E-state index contributed by atoms with van der Waals surface area (Å²) < 4.78 is 15.2. The van der Waals surface area contributed by atoms with Crippen LogP contribution in [0.4, 0.5) is 5.69 Å². The lowest BCUT2D eigenvalue weighted by molar-refractivity contribution is -0.138. The molecule has 6 nitrogen and oxygen atoms in total. The fourth-order valence-corrected chi connectivity index (χ4v) is 1.88. The van der Waals surface area contributed by atoms with E-state index in [-0.39, 0.29) is 5.70 Å². The maximum atomic E-state index is 11.6. The van der Waals surface area contributed by atoms with Gasteiger partial charge in [-0.2, -0.15) is 0 Å². The van der Waals surface area contributed by atoms with Crippen LogP contribution in [0.15, 0.2) is 30.0 Å². The molecule has 0 saturated carbocycles. The van der Waals surface area contributed by atoms with Crippen LogP contribution < -0.4 is 10.1 Å². The van der Waals surface area contributed by atoms with E-state index >= 15 is 0 Å². The Morgan fingerprint density at radius 3 is 2.45 bits per heavy atom. The van der Waals surface area contributed by atoms with Crippen LogP contribution >= 0.6 is 22.6 Å². The molecule has 1 aromatic carbocycles. The molecule has 0 bridgehead atoms. The lowest BCUT2D eigenvalue weighted by Crippen LogP contribution is -2.15. The quantitative estimate of drug-likeness (QED) is 0.470. The Morgan fingerprint density at radius 2 is 1.90 bits per heavy atom. The normalized spacial score (nSPS) is 10.7. The Bertz CT molecular complexity index is 542. The van der Waals surface area contributed by atoms with Crippen LogP contribution in [0.2, 0.25) is 0 Å². The van der Waals surface area contributed by atoms with Crippen LogP contribution in [0, 0.1) is 3.57 Å². The molecule has 0 heterocycles. The van der Waals surface area contributed by atoms with Gasteiger partial charge in [-0.15, -0.1) is 0 Å². The van der Waals surface area contributed by atoms with Crippen LogP contribution in [-0.2, 0) is 19.1 Å². The third kappa shape index (κ3) is 4.41. The summed E-state index contributed by atoms with van der Waals surface area (Å²) in [5.74, 6) is -0.679. The number of halogens is 1. The summed E-state index contributed by atoms with van der Waals surface area (Å²) in [7, 11) is 4.00. The number of hydrogen-bond donors (Lipinski definition) is 1. The van der Waals surface area contributed by atoms with Gasteiger partial charge in [-0.1, -0.05) is 0 Å². The fraction of sp³-hybridized carbons (Fsp3) is 0.231. The van der Waals surface area contributed by atoms with Crippen molar-refractivity contribution in [3.8, 4) is 5.75 Å². The number of rotatable bonds is 5. The van der Waals surface area contributed by atoms with E-state index < -0.39 is 11.9 Å². The van der Waals surface area contributed by atoms with Crippen LogP contribution in [0.3, 0.4) is 0 Å². The number of benzene rings is 1. The van der Waals surface area contributed by atoms with Crippen LogP contribution in [0.25, 0.3) is 0 Å². The van der Waals surface area contributed by atoms with Crippen molar-refractivity contribution in [1.29, 1.82) is 0 Å². The van der Waals surface area contributed by atoms with Gasteiger partial charge in [-0.3, -0.25) is 0 Å². The minimum atomic E-state index is -0.673. The van der Waals surface area contributed by atoms with Crippen LogP contribution in [0.1, 0.15) is 0 Å². The van der Waals surface area contributed by atoms with Gasteiger partial charge >= 0.3 is 11.9 Å². The standard InChI is InChI=1S/C13H14INO5/c1-18-11-6-8(4-5-9(11)14)15-10(13(17)20-3)7-12(16)19-2/h4-7,15H,1-3H3/b10-7+. The van der Waals surface area contributed by atoms with E-state index in [0.29, 0.717) is 11.4 Å². The summed E-state index contributed by atoms with van der Waals surface area (Å²) in [6.07, 6.45) is 1.02. The monoisotopic (exact) mass is 391 g/mol. The molecule has 0 radical (unpaired) electrons. The molecule has 0 fully saturated rings. The van der Waals surface area contributed by atoms with Gasteiger partial charge in [0, 0.05) is 11.8 Å². The van der Waals surface area contributed by atoms with Crippen molar-refractivity contribution in [2.24, 2.45) is 0 Å². The molecule has 1 aromatic rings. The number of nitrogens with one attached hydrogen (secondary N) is 1. The molecule has 1 rings (SSSR count). The molecule has 108 valence electrons. The molecule has 0 aromatic heterocycles. The van der Waals surface area contributed by atoms with E-state index in [2.05, 4.69) is 37.4 Å². The van der Waals surface area contributed by atoms with E-state index in [9.17, 15) is 9.59 Å². The average Bonchev–Trinajstić information content (AvgIpc) is 2.47. The summed E-state index contributed by atoms with van der Waals surface area (Å²) in [4.78, 5) is 22.8. The molecule has 0 aliphatic rings. The van der Waals surface area contributed by atoms with Gasteiger partial charge in [-0.05, 0) is 34.7 Å². The predicted octanol–water partition coefficient (Wildman–Crippen LogP) is 1.94. The lowest BCUT2D eigenvalue weighted by atomic mass is 10.2. The topological polar surface area (TPSA) is 73.9 Å². The molecule has 20 heavy (non-hydrogen) atoms. The molecule has 0 unspecified atom stereocenters. The van der Waals surface area contributed by atoms with E-state index in [1.165, 1.54) is 14.2 Å². The summed E-state index contributed by atoms with van der Waals surface area (Å²) in [6.45, 7) is 0. The van der Waals surface area contributed by atoms with Crippen molar-refractivity contribution in [1.82, 2.24) is 0 Å². The Hall–Kier alpha value is -1.77. The second kappa shape index (κ2) is 7.73. The number of esters is 2. The van der Waals surface area contributed by atoms with Crippen LogP contribution in [0.5, 0.6) is 5.75 Å². The Kier molecular flexibility index (Phi) is 6.29. The summed E-state index contributed by atoms with van der Waals surface area (Å²) in [6, 6.07) is 5.27. The van der Waals surface area contributed by atoms with Gasteiger partial charge in [0.15, 0.2) is 0 Å². The van der Waals surface area contributed by atoms with E-state index in [1.54, 1.807) is 19.2 Å². The molecule has 0 aliphatic heterocycles. The van der Waals surface area contributed by atoms with E-state index in [4.69, 9.17) is 4.74 Å². The maximum absolute atomic E-state index is 11.6. The van der Waals surface area contributed by atoms with Crippen molar-refractivity contribution in [3.63, 3.8) is 0 Å². The first-order valence-corrected chi connectivity index (χ1v) is 6.58. The zero-order chi connectivity index (χ0) is 15.1. The number of hydrogen-bond acceptors (Lipinski definition) is 6. The molecular weight excluding hydrogens is 377 g/mol. The Balaban J connectivity index is 3.04. The van der Waals surface area contributed by atoms with Gasteiger partial charge in [0.25, 0.3) is 0 Å². The van der Waals surface area contributed by atoms with Gasteiger partial charge in [0.1, 0.15) is 11.4 Å². The predicted molar refractivity (Wildman–Crippen MR) is 81.4 cm³/mol. The Morgan fingerprint density at radius 1 is 1.20 bits per heavy atom. The SMILES string of the molecule is COC(=O)/C=C(/Nc1ccc(I)c(OC)c1)C(=O)OC. The fourth-order valence-electron chi connectivity index (χ4n) is 1.33. The largest absolute Gasteiger partial charge is 0.496 e. The van der Waals surface area contributed by atoms with Gasteiger partial charge in [0.05, 0.1) is 31.0 Å². The second-order valence-corrected chi connectivity index (χ2v) is 4.71. The summed E-state index contributed by atoms with van der Waals surface area (Å²) in [5.41, 5.74) is 0.561. The highest BCUT2D eigenvalue weighted by molar-refractivity contribution is 14.1. The number of carbonyl (C=O) groups is 2. The number of ether oxygens (including phenoxy) is 3. The minimum Gasteiger partial charge on any atom is -0.496 e. The van der Waals surface area contributed by atoms with Crippen molar-refractivity contribution in [2.45, 2.75) is 0 Å². The zero-order valence-corrected chi connectivity index (χ0v) is 13.4. The van der Waals surface area contributed by atoms with Crippen molar-refractivity contribution in [3.05, 3.63) is 33.5 Å². The zero-order valence-electron chi connectivity index (χ0n) is 11.2. The highest BCUT2D eigenvalue weighted by atomic mass is 127. The highest BCUT2D eigenvalue weighted by Crippen LogP contribution is 2.25. The lowest BCUT2D eigenvalue weighted by Gasteiger charge is -2.11. The van der Waals surface area contributed by atoms with Crippen molar-refractivity contribution in [2.75, 3.05) is 26.6 Å². The first-order chi connectivity index (χ1) is 9.51. The average molecular weight is 391 g/mol. The first kappa shape index (κ1) is 16.3. The maximum Gasteiger partial charge on any atom is 0.354 e. The van der Waals surface area contributed by atoms with Crippen molar-refractivity contribution >= 4 is 40.2 Å². The van der Waals surface area contributed by atoms with Gasteiger partial charge < -0.3 is 19.5 Å². The molecule has 0 saturated heterocycles. The summed E-state index contributed by atoms with van der Waals surface area (Å²) in [5, 5.41) is 2.80. The molecule has 0 spiro atoms. The third-order valence-electron chi connectivity index (χ3n) is 2.30. The minimum absolute atomic E-state index is 0.0254. The third-order valence-corrected chi connectivity index (χ3v) is 3.19. The molecule has 0 aliphatic carbocycles. The second-order valence-electron chi connectivity index (χ2n) is 3.55. The number of anilines is 1. The van der Waals surface area contributed by atoms with Crippen LogP contribution in [-0.4, -0.2) is 33.3 Å². The van der Waals surface area contributed by atoms with E-state index in [0.717, 1.165) is 9.65 Å². The number of methoxy groups -OCH3 is 3. The van der Waals surface area contributed by atoms with Gasteiger partial charge in [-0.25, -0.2) is 9.59 Å². The highest BCUT2D eigenvalue weighted by Gasteiger charge is 2.13. The Labute approximate surface area is 130 Å². The first-order valence-electron chi connectivity index (χ1n) is 5.50. The molecule has 1 N–H and O–H groups in total. The molecule has 0 amide bonds. The molecule has 0 atom stereocenters. The van der Waals surface area contributed by atoms with E-state index in [1.807, 2.05) is 6.07 Å². The smallest absolute Gasteiger partial charge is 0.354 e. The van der Waals surface area contributed by atoms with Crippen molar-refractivity contribution < 1.29 is 23.8 Å². The number of carbonyl (C=O) groups excluding carboxylic acids is 2.